The van der Waals surface area contributed by atoms with Crippen molar-refractivity contribution in [3.05, 3.63) is 0 Å². The Morgan fingerprint density at radius 1 is 1.50 bits per heavy atom. The van der Waals surface area contributed by atoms with Crippen molar-refractivity contribution in [3.63, 3.8) is 0 Å². The molecule has 0 aromatic rings. The molecule has 16 heavy (non-hydrogen) atoms. The van der Waals surface area contributed by atoms with Crippen LogP contribution in [-0.2, 0) is 14.9 Å². The third-order valence-corrected chi connectivity index (χ3v) is 2.32. The summed E-state index contributed by atoms with van der Waals surface area (Å²) in [7, 11) is -2.79. The van der Waals surface area contributed by atoms with Gasteiger partial charge in [0.2, 0.25) is 5.91 Å². The number of hydrogen-bond acceptors (Lipinski definition) is 5. The van der Waals surface area contributed by atoms with Crippen molar-refractivity contribution >= 4 is 33.4 Å². The van der Waals surface area contributed by atoms with Crippen molar-refractivity contribution < 1.29 is 47.3 Å². The molecule has 0 aliphatic carbocycles. The van der Waals surface area contributed by atoms with Gasteiger partial charge in [-0.2, -0.15) is 0 Å². The average Bonchev–Trinajstić information content (AvgIpc) is 2.01. The van der Waals surface area contributed by atoms with Gasteiger partial charge < -0.3 is 9.87 Å². The number of hydrogen-bond donors (Lipinski definition) is 2. The number of nitrogens with one attached hydrogen (secondary N) is 2. The first-order chi connectivity index (χ1) is 6.72. The van der Waals surface area contributed by atoms with Gasteiger partial charge >= 0.3 is 29.6 Å². The number of carbonyl (C=O) groups excluding carboxylic acids is 1. The van der Waals surface area contributed by atoms with E-state index in [1.165, 1.54) is 14.0 Å². The Bertz CT molecular complexity index is 346. The van der Waals surface area contributed by atoms with Gasteiger partial charge in [0, 0.05) is 20.5 Å². The van der Waals surface area contributed by atoms with Gasteiger partial charge in [-0.05, 0) is 12.2 Å². The summed E-state index contributed by atoms with van der Waals surface area (Å²) in [5.41, 5.74) is 2.47. The minimum atomic E-state index is -4.25. The molecule has 10 heteroatoms. The van der Waals surface area contributed by atoms with E-state index in [1.54, 1.807) is 0 Å². The zero-order valence-electron chi connectivity index (χ0n) is 9.31. The third kappa shape index (κ3) is 10.6. The van der Waals surface area contributed by atoms with Crippen LogP contribution in [0.25, 0.3) is 0 Å². The van der Waals surface area contributed by atoms with Gasteiger partial charge in [-0.1, -0.05) is 0 Å². The normalized spacial score (nSPS) is 9.94. The minimum absolute atomic E-state index is 0. The van der Waals surface area contributed by atoms with Crippen molar-refractivity contribution in [1.29, 1.82) is 0 Å². The number of hydrazine groups is 1. The molecule has 0 saturated carbocycles. The summed E-state index contributed by atoms with van der Waals surface area (Å²) in [5.74, 6) is -0.811. The molecule has 0 aromatic heterocycles. The molecular formula is C6H12N3NaO4S2. The molecule has 0 spiro atoms. The fourth-order valence-corrected chi connectivity index (χ4v) is 1.15. The van der Waals surface area contributed by atoms with Crippen molar-refractivity contribution in [3.8, 4) is 0 Å². The van der Waals surface area contributed by atoms with Gasteiger partial charge in [0.05, 0.1) is 15.9 Å². The molecular weight excluding hydrogens is 265 g/mol. The van der Waals surface area contributed by atoms with Gasteiger partial charge in [0.25, 0.3) is 0 Å². The first-order valence-corrected chi connectivity index (χ1v) is 5.93. The molecule has 0 aromatic carbocycles. The van der Waals surface area contributed by atoms with Crippen molar-refractivity contribution in [1.82, 2.24) is 15.8 Å². The molecule has 0 heterocycles. The summed E-state index contributed by atoms with van der Waals surface area (Å²) >= 11 is 4.72. The van der Waals surface area contributed by atoms with Crippen LogP contribution in [0.15, 0.2) is 0 Å². The molecule has 1 amide bonds. The molecule has 0 rings (SSSR count). The fraction of sp³-hybridized carbons (Fsp3) is 0.667. The van der Waals surface area contributed by atoms with Crippen molar-refractivity contribution in [2.75, 3.05) is 19.3 Å². The molecule has 0 radical (unpaired) electrons. The second kappa shape index (κ2) is 8.20. The van der Waals surface area contributed by atoms with Crippen LogP contribution in [0.2, 0.25) is 0 Å². The Balaban J connectivity index is 0. The maximum Gasteiger partial charge on any atom is 1.00 e. The molecule has 88 valence electrons. The Morgan fingerprint density at radius 2 is 2.00 bits per heavy atom. The number of thiocarbonyl (C=S) groups is 1. The Morgan fingerprint density at radius 3 is 2.38 bits per heavy atom. The minimum Gasteiger partial charge on any atom is -0.748 e. The molecule has 0 atom stereocenters. The van der Waals surface area contributed by atoms with Crippen LogP contribution >= 0.6 is 12.2 Å². The smallest absolute Gasteiger partial charge is 0.748 e. The Hall–Kier alpha value is 0.0700. The van der Waals surface area contributed by atoms with Crippen LogP contribution in [0.4, 0.5) is 0 Å². The Kier molecular flexibility index (Phi) is 9.45. The van der Waals surface area contributed by atoms with E-state index in [9.17, 15) is 17.8 Å². The predicted molar refractivity (Wildman–Crippen MR) is 56.7 cm³/mol. The largest absolute Gasteiger partial charge is 1.00 e. The van der Waals surface area contributed by atoms with Crippen LogP contribution in [-0.4, -0.2) is 48.3 Å². The van der Waals surface area contributed by atoms with E-state index in [0.29, 0.717) is 0 Å². The molecule has 7 nitrogen and oxygen atoms in total. The summed E-state index contributed by atoms with van der Waals surface area (Å²) < 4.78 is 30.7. The van der Waals surface area contributed by atoms with Gasteiger partial charge in [-0.3, -0.25) is 15.2 Å². The van der Waals surface area contributed by atoms with Gasteiger partial charge in [0.15, 0.2) is 5.11 Å². The predicted octanol–water partition coefficient (Wildman–Crippen LogP) is -4.61. The summed E-state index contributed by atoms with van der Waals surface area (Å²) in [5, 5.41) is 3.68. The fourth-order valence-electron chi connectivity index (χ4n) is 0.560. The molecule has 0 bridgehead atoms. The van der Waals surface area contributed by atoms with Crippen LogP contribution in [0.5, 0.6) is 0 Å². The van der Waals surface area contributed by atoms with E-state index in [-0.39, 0.29) is 47.1 Å². The second-order valence-electron chi connectivity index (χ2n) is 2.71. The third-order valence-electron chi connectivity index (χ3n) is 1.38. The number of nitrogens with zero attached hydrogens (tertiary/aromatic N) is 1. The van der Waals surface area contributed by atoms with Gasteiger partial charge in [0.1, 0.15) is 0 Å². The number of rotatable bonds is 3. The quantitative estimate of drug-likeness (QED) is 0.232. The first-order valence-electron chi connectivity index (χ1n) is 3.94. The summed E-state index contributed by atoms with van der Waals surface area (Å²) in [6.45, 7) is 1.24. The maximum absolute atomic E-state index is 10.7. The van der Waals surface area contributed by atoms with Gasteiger partial charge in [-0.15, -0.1) is 0 Å². The van der Waals surface area contributed by atoms with Crippen LogP contribution in [0.1, 0.15) is 6.92 Å². The molecule has 2 N–H and O–H groups in total. The van der Waals surface area contributed by atoms with E-state index in [1.807, 2.05) is 0 Å². The molecule has 0 unspecified atom stereocenters. The van der Waals surface area contributed by atoms with E-state index < -0.39 is 15.9 Å². The van der Waals surface area contributed by atoms with E-state index in [2.05, 4.69) is 10.7 Å². The molecule has 0 aliphatic rings. The van der Waals surface area contributed by atoms with Gasteiger partial charge in [-0.25, -0.2) is 8.42 Å². The zero-order valence-corrected chi connectivity index (χ0v) is 12.9. The molecule has 0 aliphatic heterocycles. The average molecular weight is 277 g/mol. The Labute approximate surface area is 122 Å². The van der Waals surface area contributed by atoms with E-state index in [4.69, 9.17) is 12.2 Å². The summed E-state index contributed by atoms with van der Waals surface area (Å²) in [6.07, 6.45) is 0. The maximum atomic E-state index is 10.7. The summed E-state index contributed by atoms with van der Waals surface area (Å²) in [4.78, 5) is 10.7. The van der Waals surface area contributed by atoms with Crippen LogP contribution in [0.3, 0.4) is 0 Å². The SMILES string of the molecule is CC(=O)N(C)NC(=S)NCCS(=O)(=O)[O-].[Na+]. The topological polar surface area (TPSA) is 102 Å². The van der Waals surface area contributed by atoms with Crippen LogP contribution in [0, 0.1) is 0 Å². The summed E-state index contributed by atoms with van der Waals surface area (Å²) in [6, 6.07) is 0. The van der Waals surface area contributed by atoms with E-state index in [0.717, 1.165) is 5.01 Å². The standard InChI is InChI=1S/C6H13N3O4S2.Na/c1-5(10)9(2)8-6(14)7-3-4-15(11,12)13;/h3-4H2,1-2H3,(H2,7,8,14)(H,11,12,13);/q;+1/p-1. The van der Waals surface area contributed by atoms with E-state index >= 15 is 0 Å². The molecule has 0 saturated heterocycles. The monoisotopic (exact) mass is 277 g/mol. The second-order valence-corrected chi connectivity index (χ2v) is 4.64. The van der Waals surface area contributed by atoms with Crippen molar-refractivity contribution in [2.24, 2.45) is 0 Å². The number of carbonyl (C=O) groups is 1. The zero-order chi connectivity index (χ0) is 12.1. The van der Waals surface area contributed by atoms with Crippen LogP contribution < -0.4 is 40.3 Å². The molecule has 0 fully saturated rings. The van der Waals surface area contributed by atoms with Crippen molar-refractivity contribution in [2.45, 2.75) is 6.92 Å². The first kappa shape index (κ1) is 18.4. The number of amides is 1.